The maximum Gasteiger partial charge on any atom is 0.416 e. The summed E-state index contributed by atoms with van der Waals surface area (Å²) >= 11 is 0. The smallest absolute Gasteiger partial charge is 0.327 e. The molecule has 7 nitrogen and oxygen atoms in total. The summed E-state index contributed by atoms with van der Waals surface area (Å²) in [4.78, 5) is 33.7. The first-order chi connectivity index (χ1) is 17.1. The number of pyridine rings is 1. The van der Waals surface area contributed by atoms with Crippen molar-refractivity contribution in [3.05, 3.63) is 81.3 Å². The zero-order valence-corrected chi connectivity index (χ0v) is 20.1. The van der Waals surface area contributed by atoms with Gasteiger partial charge in [0.2, 0.25) is 0 Å². The molecule has 3 heterocycles. The number of imidazole rings is 1. The summed E-state index contributed by atoms with van der Waals surface area (Å²) < 4.78 is 83.0. The summed E-state index contributed by atoms with van der Waals surface area (Å²) in [7, 11) is 3.41. The van der Waals surface area contributed by atoms with Gasteiger partial charge in [0.25, 0.3) is 11.5 Å². The molecule has 1 atom stereocenters. The number of carbonyl (C=O) groups excluding carboxylic acids is 1. The van der Waals surface area contributed by atoms with E-state index in [-0.39, 0.29) is 36.1 Å². The summed E-state index contributed by atoms with van der Waals surface area (Å²) in [6, 6.07) is 3.43. The number of alkyl halides is 6. The van der Waals surface area contributed by atoms with Gasteiger partial charge in [-0.2, -0.15) is 26.3 Å². The Kier molecular flexibility index (Phi) is 6.69. The molecule has 0 fully saturated rings. The number of aromatic nitrogens is 3. The first-order valence-electron chi connectivity index (χ1n) is 11.1. The van der Waals surface area contributed by atoms with Crippen LogP contribution in [0.1, 0.15) is 32.9 Å². The van der Waals surface area contributed by atoms with Gasteiger partial charge in [-0.3, -0.25) is 9.59 Å². The van der Waals surface area contributed by atoms with Gasteiger partial charge in [0.1, 0.15) is 11.4 Å². The zero-order valence-electron chi connectivity index (χ0n) is 20.1. The molecule has 0 unspecified atom stereocenters. The average Bonchev–Trinajstić information content (AvgIpc) is 3.21. The van der Waals surface area contributed by atoms with E-state index >= 15 is 0 Å². The number of hydrogen-bond donors (Lipinski definition) is 0. The quantitative estimate of drug-likeness (QED) is 0.472. The second-order valence-corrected chi connectivity index (χ2v) is 9.21. The van der Waals surface area contributed by atoms with Gasteiger partial charge in [0.05, 0.1) is 29.2 Å². The summed E-state index contributed by atoms with van der Waals surface area (Å²) in [6.07, 6.45) is -6.91. The molecule has 0 spiro atoms. The predicted octanol–water partition coefficient (Wildman–Crippen LogP) is 3.97. The van der Waals surface area contributed by atoms with E-state index in [2.05, 4.69) is 4.98 Å². The summed E-state index contributed by atoms with van der Waals surface area (Å²) in [5, 5.41) is 0. The van der Waals surface area contributed by atoms with Crippen molar-refractivity contribution in [3.63, 3.8) is 0 Å². The summed E-state index contributed by atoms with van der Waals surface area (Å²) in [6.45, 7) is 1.47. The lowest BCUT2D eigenvalue weighted by Crippen LogP contribution is -2.54. The van der Waals surface area contributed by atoms with Gasteiger partial charge in [-0.05, 0) is 56.9 Å². The predicted molar refractivity (Wildman–Crippen MR) is 121 cm³/mol. The van der Waals surface area contributed by atoms with Crippen LogP contribution in [0.25, 0.3) is 5.69 Å². The number of fused-ring (bicyclic) bond motifs is 1. The van der Waals surface area contributed by atoms with E-state index in [0.29, 0.717) is 17.8 Å². The average molecular weight is 527 g/mol. The van der Waals surface area contributed by atoms with Gasteiger partial charge in [-0.1, -0.05) is 0 Å². The van der Waals surface area contributed by atoms with Gasteiger partial charge < -0.3 is 18.9 Å². The van der Waals surface area contributed by atoms with Crippen LogP contribution < -0.4 is 5.56 Å². The lowest BCUT2D eigenvalue weighted by molar-refractivity contribution is -0.143. The van der Waals surface area contributed by atoms with Gasteiger partial charge >= 0.3 is 12.4 Å². The van der Waals surface area contributed by atoms with Crippen molar-refractivity contribution >= 4 is 5.91 Å². The molecular formula is C24H23F6N5O2. The second kappa shape index (κ2) is 9.36. The third kappa shape index (κ3) is 5.41. The molecule has 1 aliphatic rings. The van der Waals surface area contributed by atoms with E-state index in [1.54, 1.807) is 32.1 Å². The molecule has 0 bridgehead atoms. The van der Waals surface area contributed by atoms with Gasteiger partial charge in [-0.15, -0.1) is 0 Å². The van der Waals surface area contributed by atoms with Crippen molar-refractivity contribution in [1.29, 1.82) is 0 Å². The molecule has 198 valence electrons. The van der Waals surface area contributed by atoms with Crippen LogP contribution in [0.3, 0.4) is 0 Å². The Morgan fingerprint density at radius 3 is 2.14 bits per heavy atom. The normalized spacial score (nSPS) is 16.4. The van der Waals surface area contributed by atoms with Crippen LogP contribution in [0.4, 0.5) is 26.3 Å². The number of amides is 1. The molecule has 1 aromatic carbocycles. The molecule has 0 radical (unpaired) electrons. The lowest BCUT2D eigenvalue weighted by atomic mass is 10.0. The molecule has 37 heavy (non-hydrogen) atoms. The topological polar surface area (TPSA) is 63.4 Å². The maximum absolute atomic E-state index is 13.5. The number of likely N-dealkylation sites (N-methyl/N-ethyl adjacent to an activating group) is 1. The van der Waals surface area contributed by atoms with E-state index in [4.69, 9.17) is 0 Å². The van der Waals surface area contributed by atoms with E-state index in [1.165, 1.54) is 32.5 Å². The molecule has 3 aromatic rings. The fourth-order valence-corrected chi connectivity index (χ4v) is 4.39. The Labute approximate surface area is 207 Å². The van der Waals surface area contributed by atoms with Gasteiger partial charge in [-0.25, -0.2) is 4.98 Å². The van der Waals surface area contributed by atoms with E-state index in [9.17, 15) is 35.9 Å². The van der Waals surface area contributed by atoms with Crippen LogP contribution in [0.5, 0.6) is 0 Å². The highest BCUT2D eigenvalue weighted by atomic mass is 19.4. The molecule has 1 aliphatic heterocycles. The Bertz CT molecular complexity index is 1360. The maximum atomic E-state index is 13.5. The number of nitrogens with zero attached hydrogens (tertiary/aromatic N) is 5. The van der Waals surface area contributed by atoms with E-state index in [0.717, 1.165) is 0 Å². The Morgan fingerprint density at radius 2 is 1.62 bits per heavy atom. The number of rotatable bonds is 5. The number of carbonyl (C=O) groups is 1. The van der Waals surface area contributed by atoms with Crippen molar-refractivity contribution in [3.8, 4) is 5.69 Å². The fraction of sp³-hybridized carbons (Fsp3) is 0.375. The molecule has 0 saturated carbocycles. The molecular weight excluding hydrogens is 504 g/mol. The largest absolute Gasteiger partial charge is 0.416 e. The third-order valence-electron chi connectivity index (χ3n) is 6.03. The van der Waals surface area contributed by atoms with Crippen molar-refractivity contribution in [2.24, 2.45) is 0 Å². The molecule has 1 amide bonds. The Balaban J connectivity index is 1.77. The van der Waals surface area contributed by atoms with Gasteiger partial charge in [0.15, 0.2) is 0 Å². The van der Waals surface area contributed by atoms with Crippen LogP contribution >= 0.6 is 0 Å². The second-order valence-electron chi connectivity index (χ2n) is 9.21. The molecule has 4 rings (SSSR count). The highest BCUT2D eigenvalue weighted by molar-refractivity contribution is 5.93. The van der Waals surface area contributed by atoms with Crippen molar-refractivity contribution in [2.75, 3.05) is 20.6 Å². The summed E-state index contributed by atoms with van der Waals surface area (Å²) in [5.41, 5.74) is -2.78. The number of hydrogen-bond acceptors (Lipinski definition) is 4. The zero-order chi connectivity index (χ0) is 27.3. The number of benzene rings is 1. The van der Waals surface area contributed by atoms with Crippen LogP contribution in [-0.4, -0.2) is 56.5 Å². The van der Waals surface area contributed by atoms with Crippen LogP contribution in [0.2, 0.25) is 0 Å². The first-order valence-corrected chi connectivity index (χ1v) is 11.1. The van der Waals surface area contributed by atoms with Crippen LogP contribution in [0.15, 0.2) is 47.7 Å². The van der Waals surface area contributed by atoms with E-state index < -0.39 is 47.5 Å². The minimum atomic E-state index is -5.01. The Morgan fingerprint density at radius 1 is 1.00 bits per heavy atom. The molecule has 0 aliphatic carbocycles. The fourth-order valence-electron chi connectivity index (χ4n) is 4.39. The van der Waals surface area contributed by atoms with Crippen molar-refractivity contribution < 1.29 is 31.1 Å². The van der Waals surface area contributed by atoms with E-state index in [1.807, 2.05) is 0 Å². The van der Waals surface area contributed by atoms with Gasteiger partial charge in [0, 0.05) is 25.8 Å². The standard InChI is InChI=1S/C24H23F6N5O2/c1-14-9-33(13-31-14)19-4-5-20-22(37)34(18(11-32(2)3)12-35(20)21(19)36)10-15-6-16(23(25,26)27)8-17(7-15)24(28,29)30/h4-9,13,18H,10-12H2,1-3H3/t18-/m1/s1. The molecule has 2 aromatic heterocycles. The van der Waals surface area contributed by atoms with Crippen LogP contribution in [-0.2, 0) is 25.4 Å². The highest BCUT2D eigenvalue weighted by Crippen LogP contribution is 2.37. The minimum Gasteiger partial charge on any atom is -0.327 e. The molecule has 0 saturated heterocycles. The van der Waals surface area contributed by atoms with Crippen LogP contribution in [0, 0.1) is 6.92 Å². The van der Waals surface area contributed by atoms with Crippen molar-refractivity contribution in [2.45, 2.75) is 38.4 Å². The Hall–Kier alpha value is -3.61. The monoisotopic (exact) mass is 527 g/mol. The first kappa shape index (κ1) is 26.5. The summed E-state index contributed by atoms with van der Waals surface area (Å²) in [5.74, 6) is -0.672. The third-order valence-corrected chi connectivity index (χ3v) is 6.03. The molecule has 13 heteroatoms. The highest BCUT2D eigenvalue weighted by Gasteiger charge is 2.38. The number of halogens is 6. The molecule has 0 N–H and O–H groups in total. The lowest BCUT2D eigenvalue weighted by Gasteiger charge is -2.39. The minimum absolute atomic E-state index is 0.00466. The SMILES string of the molecule is Cc1cn(-c2ccc3n(c2=O)C[C@@H](CN(C)C)N(Cc2cc(C(F)(F)F)cc(C(F)(F)F)c2)C3=O)cn1. The van der Waals surface area contributed by atoms with Crippen molar-refractivity contribution in [1.82, 2.24) is 23.9 Å². The number of aryl methyl sites for hydroxylation is 1.